The Morgan fingerprint density at radius 2 is 2.38 bits per heavy atom. The highest BCUT2D eigenvalue weighted by Gasteiger charge is 2.19. The number of thioether (sulfide) groups is 1. The average Bonchev–Trinajstić information content (AvgIpc) is 3.04. The van der Waals surface area contributed by atoms with E-state index in [0.717, 1.165) is 36.2 Å². The summed E-state index contributed by atoms with van der Waals surface area (Å²) >= 11 is 3.54. The number of thiazole rings is 1. The van der Waals surface area contributed by atoms with Gasteiger partial charge >= 0.3 is 0 Å². The van der Waals surface area contributed by atoms with Gasteiger partial charge in [0, 0.05) is 50.6 Å². The maximum absolute atomic E-state index is 5.09. The standard InChI is InChI=1S/C14H24N4OS2/c1-11(10-20-4)17(2)13-12(9-15-5-7-19-3)18-6-8-21-14(18)16-13/h6,8,11,15H,5,7,9-10H2,1-4H3. The predicted molar refractivity (Wildman–Crippen MR) is 92.9 cm³/mol. The first-order valence-electron chi connectivity index (χ1n) is 7.04. The third-order valence-corrected chi connectivity index (χ3v) is 5.09. The minimum Gasteiger partial charge on any atom is -0.383 e. The van der Waals surface area contributed by atoms with Crippen molar-refractivity contribution in [2.75, 3.05) is 44.2 Å². The van der Waals surface area contributed by atoms with E-state index >= 15 is 0 Å². The van der Waals surface area contributed by atoms with Crippen LogP contribution in [-0.2, 0) is 11.3 Å². The molecule has 5 nitrogen and oxygen atoms in total. The summed E-state index contributed by atoms with van der Waals surface area (Å²) in [5, 5.41) is 5.50. The zero-order chi connectivity index (χ0) is 15.2. The van der Waals surface area contributed by atoms with Crippen molar-refractivity contribution in [3.05, 3.63) is 17.3 Å². The van der Waals surface area contributed by atoms with Crippen LogP contribution in [0.2, 0.25) is 0 Å². The molecule has 2 heterocycles. The number of fused-ring (bicyclic) bond motifs is 1. The van der Waals surface area contributed by atoms with Gasteiger partial charge in [-0.3, -0.25) is 4.40 Å². The first-order valence-corrected chi connectivity index (χ1v) is 9.32. The largest absolute Gasteiger partial charge is 0.383 e. The molecule has 0 aliphatic carbocycles. The van der Waals surface area contributed by atoms with Gasteiger partial charge in [-0.15, -0.1) is 11.3 Å². The topological polar surface area (TPSA) is 41.8 Å². The Morgan fingerprint density at radius 1 is 1.57 bits per heavy atom. The third-order valence-electron chi connectivity index (χ3n) is 3.52. The number of hydrogen-bond donors (Lipinski definition) is 1. The first-order chi connectivity index (χ1) is 10.2. The number of aromatic nitrogens is 2. The van der Waals surface area contributed by atoms with Gasteiger partial charge < -0.3 is 15.0 Å². The van der Waals surface area contributed by atoms with Crippen molar-refractivity contribution in [2.24, 2.45) is 0 Å². The number of anilines is 1. The molecular formula is C14H24N4OS2. The number of nitrogens with one attached hydrogen (secondary N) is 1. The number of rotatable bonds is 9. The van der Waals surface area contributed by atoms with Gasteiger partial charge in [-0.25, -0.2) is 4.98 Å². The summed E-state index contributed by atoms with van der Waals surface area (Å²) in [5.41, 5.74) is 1.22. The summed E-state index contributed by atoms with van der Waals surface area (Å²) in [6.07, 6.45) is 4.24. The van der Waals surface area contributed by atoms with Gasteiger partial charge in [0.2, 0.25) is 0 Å². The van der Waals surface area contributed by atoms with Crippen LogP contribution < -0.4 is 10.2 Å². The van der Waals surface area contributed by atoms with Crippen molar-refractivity contribution < 1.29 is 4.74 Å². The van der Waals surface area contributed by atoms with Crippen LogP contribution in [0.3, 0.4) is 0 Å². The van der Waals surface area contributed by atoms with Crippen LogP contribution in [0.15, 0.2) is 11.6 Å². The lowest BCUT2D eigenvalue weighted by molar-refractivity contribution is 0.199. The van der Waals surface area contributed by atoms with Crippen LogP contribution >= 0.6 is 23.1 Å². The van der Waals surface area contributed by atoms with Gasteiger partial charge in [-0.05, 0) is 13.2 Å². The zero-order valence-corrected chi connectivity index (χ0v) is 14.8. The minimum atomic E-state index is 0.460. The summed E-state index contributed by atoms with van der Waals surface area (Å²) in [6.45, 7) is 4.61. The van der Waals surface area contributed by atoms with E-state index < -0.39 is 0 Å². The van der Waals surface area contributed by atoms with Crippen molar-refractivity contribution in [3.63, 3.8) is 0 Å². The number of hydrogen-bond acceptors (Lipinski definition) is 6. The normalized spacial score (nSPS) is 13.0. The van der Waals surface area contributed by atoms with E-state index in [1.807, 2.05) is 11.8 Å². The van der Waals surface area contributed by atoms with E-state index in [4.69, 9.17) is 9.72 Å². The number of nitrogens with zero attached hydrogens (tertiary/aromatic N) is 3. The molecule has 0 fully saturated rings. The second-order valence-electron chi connectivity index (χ2n) is 5.02. The smallest absolute Gasteiger partial charge is 0.195 e. The summed E-state index contributed by atoms with van der Waals surface area (Å²) < 4.78 is 7.27. The van der Waals surface area contributed by atoms with Crippen LogP contribution in [0.1, 0.15) is 12.6 Å². The SMILES string of the molecule is COCCNCc1c(N(C)C(C)CSC)nc2sccn12. The van der Waals surface area contributed by atoms with Gasteiger partial charge in [-0.2, -0.15) is 11.8 Å². The second kappa shape index (κ2) is 8.03. The monoisotopic (exact) mass is 328 g/mol. The van der Waals surface area contributed by atoms with E-state index in [1.165, 1.54) is 5.69 Å². The Morgan fingerprint density at radius 3 is 3.10 bits per heavy atom. The second-order valence-corrected chi connectivity index (χ2v) is 6.81. The maximum atomic E-state index is 5.09. The van der Waals surface area contributed by atoms with Crippen LogP contribution in [-0.4, -0.2) is 54.7 Å². The molecule has 1 N–H and O–H groups in total. The van der Waals surface area contributed by atoms with Gasteiger partial charge in [0.1, 0.15) is 0 Å². The predicted octanol–water partition coefficient (Wildman–Crippen LogP) is 2.32. The number of methoxy groups -OCH3 is 1. The van der Waals surface area contributed by atoms with E-state index in [9.17, 15) is 0 Å². The molecule has 7 heteroatoms. The molecule has 0 aliphatic rings. The molecule has 0 aromatic carbocycles. The lowest BCUT2D eigenvalue weighted by atomic mass is 10.3. The summed E-state index contributed by atoms with van der Waals surface area (Å²) in [4.78, 5) is 8.14. The molecule has 0 aliphatic heterocycles. The first kappa shape index (κ1) is 16.6. The van der Waals surface area contributed by atoms with E-state index in [2.05, 4.69) is 46.4 Å². The zero-order valence-electron chi connectivity index (χ0n) is 13.1. The molecule has 0 amide bonds. The highest BCUT2D eigenvalue weighted by atomic mass is 32.2. The molecule has 2 aromatic rings. The van der Waals surface area contributed by atoms with Crippen LogP contribution in [0.25, 0.3) is 4.96 Å². The molecule has 2 aromatic heterocycles. The van der Waals surface area contributed by atoms with Gasteiger partial charge in [-0.1, -0.05) is 0 Å². The van der Waals surface area contributed by atoms with Crippen molar-refractivity contribution in [1.29, 1.82) is 0 Å². The maximum Gasteiger partial charge on any atom is 0.195 e. The Balaban J connectivity index is 2.19. The van der Waals surface area contributed by atoms with E-state index in [0.29, 0.717) is 6.04 Å². The Kier molecular flexibility index (Phi) is 6.35. The molecule has 0 radical (unpaired) electrons. The summed E-state index contributed by atoms with van der Waals surface area (Å²) in [7, 11) is 3.85. The van der Waals surface area contributed by atoms with Gasteiger partial charge in [0.15, 0.2) is 10.8 Å². The molecule has 0 spiro atoms. The van der Waals surface area contributed by atoms with E-state index in [1.54, 1.807) is 18.4 Å². The highest BCUT2D eigenvalue weighted by molar-refractivity contribution is 7.98. The summed E-state index contributed by atoms with van der Waals surface area (Å²) in [6, 6.07) is 0.460. The molecule has 0 bridgehead atoms. The minimum absolute atomic E-state index is 0.460. The average molecular weight is 329 g/mol. The molecular weight excluding hydrogens is 304 g/mol. The molecule has 0 saturated carbocycles. The lowest BCUT2D eigenvalue weighted by Gasteiger charge is -2.25. The molecule has 118 valence electrons. The van der Waals surface area contributed by atoms with Crippen LogP contribution in [0, 0.1) is 0 Å². The summed E-state index contributed by atoms with van der Waals surface area (Å²) in [5.74, 6) is 2.17. The quantitative estimate of drug-likeness (QED) is 0.716. The molecule has 21 heavy (non-hydrogen) atoms. The van der Waals surface area contributed by atoms with Crippen LogP contribution in [0.4, 0.5) is 5.82 Å². The Hall–Kier alpha value is -0.760. The Labute approximate surface area is 134 Å². The number of ether oxygens (including phenoxy) is 1. The fourth-order valence-corrected chi connectivity index (χ4v) is 3.64. The molecule has 1 atom stereocenters. The van der Waals surface area contributed by atoms with Crippen molar-refractivity contribution in [2.45, 2.75) is 19.5 Å². The van der Waals surface area contributed by atoms with Crippen molar-refractivity contribution >= 4 is 33.9 Å². The number of imidazole rings is 1. The van der Waals surface area contributed by atoms with Crippen molar-refractivity contribution in [3.8, 4) is 0 Å². The van der Waals surface area contributed by atoms with Crippen molar-refractivity contribution in [1.82, 2.24) is 14.7 Å². The van der Waals surface area contributed by atoms with Gasteiger partial charge in [0.05, 0.1) is 12.3 Å². The van der Waals surface area contributed by atoms with Crippen LogP contribution in [0.5, 0.6) is 0 Å². The third kappa shape index (κ3) is 3.91. The molecule has 2 rings (SSSR count). The lowest BCUT2D eigenvalue weighted by Crippen LogP contribution is -2.32. The molecule has 0 saturated heterocycles. The van der Waals surface area contributed by atoms with E-state index in [-0.39, 0.29) is 0 Å². The molecule has 1 unspecified atom stereocenters. The fourth-order valence-electron chi connectivity index (χ4n) is 2.21. The fraction of sp³-hybridized carbons (Fsp3) is 0.643. The highest BCUT2D eigenvalue weighted by Crippen LogP contribution is 2.25. The Bertz CT molecular complexity index is 554. The van der Waals surface area contributed by atoms with Gasteiger partial charge in [0.25, 0.3) is 0 Å².